The molecule has 0 aliphatic carbocycles. The quantitative estimate of drug-likeness (QED) is 0.881. The van der Waals surface area contributed by atoms with Gasteiger partial charge in [0.1, 0.15) is 5.82 Å². The number of carboxylic acids is 1. The van der Waals surface area contributed by atoms with E-state index < -0.39 is 11.9 Å². The lowest BCUT2D eigenvalue weighted by Gasteiger charge is -2.12. The fraction of sp³-hybridized carbons (Fsp3) is 0.333. The summed E-state index contributed by atoms with van der Waals surface area (Å²) in [4.78, 5) is 11.3. The van der Waals surface area contributed by atoms with Crippen molar-refractivity contribution in [3.63, 3.8) is 0 Å². The zero-order valence-corrected chi connectivity index (χ0v) is 11.3. The van der Waals surface area contributed by atoms with E-state index in [-0.39, 0.29) is 5.82 Å². The van der Waals surface area contributed by atoms with Crippen LogP contribution in [0.1, 0.15) is 17.7 Å². The Morgan fingerprint density at radius 2 is 2.05 bits per heavy atom. The SMILES string of the molecule is Cn1nccc1CCC(Cc1ccc(F)cc1)C(=O)O. The van der Waals surface area contributed by atoms with Gasteiger partial charge in [0.25, 0.3) is 0 Å². The zero-order chi connectivity index (χ0) is 14.5. The maximum atomic E-state index is 12.8. The highest BCUT2D eigenvalue weighted by molar-refractivity contribution is 5.70. The minimum atomic E-state index is -0.823. The van der Waals surface area contributed by atoms with Crippen LogP contribution in [-0.2, 0) is 24.7 Å². The predicted octanol–water partition coefficient (Wildman–Crippen LogP) is 2.44. The Morgan fingerprint density at radius 3 is 2.60 bits per heavy atom. The van der Waals surface area contributed by atoms with Crippen molar-refractivity contribution in [1.29, 1.82) is 0 Å². The Balaban J connectivity index is 1.99. The van der Waals surface area contributed by atoms with Crippen LogP contribution < -0.4 is 0 Å². The fourth-order valence-electron chi connectivity index (χ4n) is 2.19. The summed E-state index contributed by atoms with van der Waals surface area (Å²) < 4.78 is 14.6. The second kappa shape index (κ2) is 6.32. The highest BCUT2D eigenvalue weighted by Gasteiger charge is 2.18. The summed E-state index contributed by atoms with van der Waals surface area (Å²) in [6.07, 6.45) is 3.31. The van der Waals surface area contributed by atoms with Gasteiger partial charge >= 0.3 is 5.97 Å². The molecule has 0 saturated heterocycles. The van der Waals surface area contributed by atoms with Gasteiger partial charge in [0.05, 0.1) is 5.92 Å². The van der Waals surface area contributed by atoms with Gasteiger partial charge in [0.15, 0.2) is 0 Å². The van der Waals surface area contributed by atoms with Crippen molar-refractivity contribution in [2.45, 2.75) is 19.3 Å². The third-order valence-electron chi connectivity index (χ3n) is 3.42. The van der Waals surface area contributed by atoms with Crippen molar-refractivity contribution >= 4 is 5.97 Å². The molecule has 2 rings (SSSR count). The number of aryl methyl sites for hydroxylation is 2. The molecule has 1 atom stereocenters. The molecule has 1 N–H and O–H groups in total. The summed E-state index contributed by atoms with van der Waals surface area (Å²) >= 11 is 0. The van der Waals surface area contributed by atoms with Gasteiger partial charge in [0, 0.05) is 18.9 Å². The largest absolute Gasteiger partial charge is 0.481 e. The van der Waals surface area contributed by atoms with Crippen LogP contribution in [0.5, 0.6) is 0 Å². The van der Waals surface area contributed by atoms with Gasteiger partial charge in [-0.3, -0.25) is 9.48 Å². The van der Waals surface area contributed by atoms with E-state index in [1.165, 1.54) is 12.1 Å². The second-order valence-corrected chi connectivity index (χ2v) is 4.85. The van der Waals surface area contributed by atoms with Gasteiger partial charge in [-0.25, -0.2) is 4.39 Å². The Kier molecular flexibility index (Phi) is 4.50. The lowest BCUT2D eigenvalue weighted by atomic mass is 9.94. The first-order valence-electron chi connectivity index (χ1n) is 6.50. The zero-order valence-electron chi connectivity index (χ0n) is 11.3. The summed E-state index contributed by atoms with van der Waals surface area (Å²) in [6.45, 7) is 0. The predicted molar refractivity (Wildman–Crippen MR) is 72.8 cm³/mol. The highest BCUT2D eigenvalue weighted by Crippen LogP contribution is 2.16. The molecule has 0 fully saturated rings. The number of benzene rings is 1. The van der Waals surface area contributed by atoms with Crippen molar-refractivity contribution in [3.8, 4) is 0 Å². The topological polar surface area (TPSA) is 55.1 Å². The maximum absolute atomic E-state index is 12.8. The Bertz CT molecular complexity index is 578. The Hall–Kier alpha value is -2.17. The molecule has 0 aliphatic rings. The van der Waals surface area contributed by atoms with Gasteiger partial charge in [0.2, 0.25) is 0 Å². The van der Waals surface area contributed by atoms with Crippen LogP contribution in [0.3, 0.4) is 0 Å². The van der Waals surface area contributed by atoms with Crippen molar-refractivity contribution in [2.75, 3.05) is 0 Å². The van der Waals surface area contributed by atoms with Crippen LogP contribution in [0.2, 0.25) is 0 Å². The highest BCUT2D eigenvalue weighted by atomic mass is 19.1. The number of aromatic nitrogens is 2. The van der Waals surface area contributed by atoms with Crippen LogP contribution in [0.25, 0.3) is 0 Å². The van der Waals surface area contributed by atoms with Gasteiger partial charge in [-0.2, -0.15) is 5.10 Å². The van der Waals surface area contributed by atoms with E-state index in [0.29, 0.717) is 19.3 Å². The van der Waals surface area contributed by atoms with E-state index in [0.717, 1.165) is 11.3 Å². The minimum absolute atomic E-state index is 0.310. The molecule has 0 spiro atoms. The number of hydrogen-bond donors (Lipinski definition) is 1. The summed E-state index contributed by atoms with van der Waals surface area (Å²) in [5, 5.41) is 13.4. The number of rotatable bonds is 6. The first-order valence-corrected chi connectivity index (χ1v) is 6.50. The molecule has 1 aromatic carbocycles. The number of halogens is 1. The molecule has 0 amide bonds. The minimum Gasteiger partial charge on any atom is -0.481 e. The Morgan fingerprint density at radius 1 is 1.35 bits per heavy atom. The average molecular weight is 276 g/mol. The fourth-order valence-corrected chi connectivity index (χ4v) is 2.19. The first kappa shape index (κ1) is 14.2. The molecule has 1 unspecified atom stereocenters. The maximum Gasteiger partial charge on any atom is 0.306 e. The number of aliphatic carboxylic acids is 1. The van der Waals surface area contributed by atoms with E-state index in [1.807, 2.05) is 13.1 Å². The van der Waals surface area contributed by atoms with Crippen molar-refractivity contribution < 1.29 is 14.3 Å². The average Bonchev–Trinajstić information content (AvgIpc) is 2.82. The first-order chi connectivity index (χ1) is 9.56. The molecular weight excluding hydrogens is 259 g/mol. The lowest BCUT2D eigenvalue weighted by molar-refractivity contribution is -0.141. The van der Waals surface area contributed by atoms with E-state index in [2.05, 4.69) is 5.10 Å². The van der Waals surface area contributed by atoms with Gasteiger partial charge in [-0.15, -0.1) is 0 Å². The molecular formula is C15H17FN2O2. The summed E-state index contributed by atoms with van der Waals surface area (Å²) in [5.74, 6) is -1.61. The number of nitrogens with zero attached hydrogens (tertiary/aromatic N) is 2. The van der Waals surface area contributed by atoms with Gasteiger partial charge < -0.3 is 5.11 Å². The van der Waals surface area contributed by atoms with Crippen LogP contribution in [0.15, 0.2) is 36.5 Å². The summed E-state index contributed by atoms with van der Waals surface area (Å²) in [7, 11) is 1.84. The monoisotopic (exact) mass is 276 g/mol. The number of carbonyl (C=O) groups is 1. The Labute approximate surface area is 116 Å². The van der Waals surface area contributed by atoms with Gasteiger partial charge in [-0.1, -0.05) is 12.1 Å². The molecule has 4 nitrogen and oxygen atoms in total. The molecule has 1 aromatic heterocycles. The van der Waals surface area contributed by atoms with Crippen LogP contribution in [-0.4, -0.2) is 20.9 Å². The lowest BCUT2D eigenvalue weighted by Crippen LogP contribution is -2.18. The third-order valence-corrected chi connectivity index (χ3v) is 3.42. The van der Waals surface area contributed by atoms with E-state index in [4.69, 9.17) is 0 Å². The number of hydrogen-bond acceptors (Lipinski definition) is 2. The number of carboxylic acid groups (broad SMARTS) is 1. The van der Waals surface area contributed by atoms with Crippen molar-refractivity contribution in [3.05, 3.63) is 53.6 Å². The molecule has 0 bridgehead atoms. The van der Waals surface area contributed by atoms with Gasteiger partial charge in [-0.05, 0) is 43.0 Å². The molecule has 2 aromatic rings. The van der Waals surface area contributed by atoms with E-state index in [9.17, 15) is 14.3 Å². The van der Waals surface area contributed by atoms with Crippen LogP contribution >= 0.6 is 0 Å². The smallest absolute Gasteiger partial charge is 0.306 e. The summed E-state index contributed by atoms with van der Waals surface area (Å²) in [6, 6.07) is 7.87. The molecule has 0 saturated carbocycles. The normalized spacial score (nSPS) is 12.3. The standard InChI is InChI=1S/C15H17FN2O2/c1-18-14(8-9-17-18)7-4-12(15(19)20)10-11-2-5-13(16)6-3-11/h2-3,5-6,8-9,12H,4,7,10H2,1H3,(H,19,20). The van der Waals surface area contributed by atoms with Crippen molar-refractivity contribution in [2.24, 2.45) is 13.0 Å². The second-order valence-electron chi connectivity index (χ2n) is 4.85. The molecule has 5 heteroatoms. The van der Waals surface area contributed by atoms with E-state index >= 15 is 0 Å². The van der Waals surface area contributed by atoms with Crippen molar-refractivity contribution in [1.82, 2.24) is 9.78 Å². The van der Waals surface area contributed by atoms with Crippen LogP contribution in [0, 0.1) is 11.7 Å². The molecule has 0 aliphatic heterocycles. The summed E-state index contributed by atoms with van der Waals surface area (Å²) in [5.41, 5.74) is 1.85. The van der Waals surface area contributed by atoms with Crippen LogP contribution in [0.4, 0.5) is 4.39 Å². The molecule has 20 heavy (non-hydrogen) atoms. The molecule has 106 valence electrons. The molecule has 0 radical (unpaired) electrons. The van der Waals surface area contributed by atoms with E-state index in [1.54, 1.807) is 23.0 Å². The third kappa shape index (κ3) is 3.66. The molecule has 1 heterocycles.